The summed E-state index contributed by atoms with van der Waals surface area (Å²) in [6, 6.07) is 0. The number of hydrogen-bond acceptors (Lipinski definition) is 16. The first-order valence-electron chi connectivity index (χ1n) is 10.6. The largest absolute Gasteiger partial charge is 0.394 e. The summed E-state index contributed by atoms with van der Waals surface area (Å²) in [5.41, 5.74) is 0. The molecule has 34 heavy (non-hydrogen) atoms. The molecule has 2 unspecified atom stereocenters. The van der Waals surface area contributed by atoms with Gasteiger partial charge >= 0.3 is 0 Å². The van der Waals surface area contributed by atoms with Crippen LogP contribution in [-0.2, 0) is 23.7 Å². The van der Waals surface area contributed by atoms with Gasteiger partial charge < -0.3 is 79.9 Å². The fraction of sp³-hybridized carbons (Fsp3) is 1.00. The van der Waals surface area contributed by atoms with Gasteiger partial charge in [-0.15, -0.1) is 0 Å². The van der Waals surface area contributed by atoms with E-state index in [1.165, 1.54) is 0 Å². The molecule has 0 aromatic rings. The third-order valence-electron chi connectivity index (χ3n) is 6.09. The molecule has 3 saturated heterocycles. The number of ether oxygens (including phenoxy) is 5. The van der Waals surface area contributed by atoms with Gasteiger partial charge in [-0.3, -0.25) is 0 Å². The smallest absolute Gasteiger partial charge is 0.187 e. The molecule has 16 heteroatoms. The van der Waals surface area contributed by atoms with Gasteiger partial charge in [-0.2, -0.15) is 0 Å². The van der Waals surface area contributed by atoms with Gasteiger partial charge in [0.15, 0.2) is 18.9 Å². The lowest BCUT2D eigenvalue weighted by Gasteiger charge is -2.47. The van der Waals surface area contributed by atoms with Crippen LogP contribution in [0.3, 0.4) is 0 Å². The maximum absolute atomic E-state index is 10.8. The van der Waals surface area contributed by atoms with Crippen molar-refractivity contribution in [3.8, 4) is 0 Å². The van der Waals surface area contributed by atoms with Gasteiger partial charge in [0, 0.05) is 0 Å². The molecule has 3 fully saturated rings. The zero-order valence-corrected chi connectivity index (χ0v) is 17.7. The Labute approximate surface area is 192 Å². The molecule has 0 amide bonds. The van der Waals surface area contributed by atoms with Gasteiger partial charge in [-0.25, -0.2) is 0 Å². The van der Waals surface area contributed by atoms with Crippen molar-refractivity contribution in [2.45, 2.75) is 92.1 Å². The van der Waals surface area contributed by atoms with Crippen LogP contribution in [0.1, 0.15) is 0 Å². The van der Waals surface area contributed by atoms with Gasteiger partial charge in [-0.1, -0.05) is 0 Å². The van der Waals surface area contributed by atoms with E-state index >= 15 is 0 Å². The SMILES string of the molecule is OC[C@H]1OC(O[C@H]2[C@@H](O)[C@@H](CO)O[C@@H](O[C@H]3[C@H](O)[C@@H](O)C(O)O[C@@H]3CO)[C@@H]2O)[C@H](O)[C@@H](O)[C@H]1O. The monoisotopic (exact) mass is 504 g/mol. The van der Waals surface area contributed by atoms with Gasteiger partial charge in [0.25, 0.3) is 0 Å². The van der Waals surface area contributed by atoms with Crippen LogP contribution < -0.4 is 0 Å². The highest BCUT2D eigenvalue weighted by Gasteiger charge is 2.53. The second kappa shape index (κ2) is 11.6. The van der Waals surface area contributed by atoms with Gasteiger partial charge in [-0.05, 0) is 0 Å². The second-order valence-corrected chi connectivity index (χ2v) is 8.33. The molecule has 3 heterocycles. The van der Waals surface area contributed by atoms with Crippen molar-refractivity contribution in [1.29, 1.82) is 0 Å². The standard InChI is InChI=1S/C18H32O16/c19-1-4-7(22)9(24)12(27)17(31-4)34-15-8(23)5(2-20)32-18(13(15)28)33-14-6(3-21)30-16(29)11(26)10(14)25/h4-29H,1-3H2/t4-,5-,6-,7+,8+,9+,10-,11-,12-,13-,14-,15+,16?,17?,18+/m1/s1. The molecular formula is C18H32O16. The predicted octanol–water partition coefficient (Wildman–Crippen LogP) is -7.57. The fourth-order valence-corrected chi connectivity index (χ4v) is 4.05. The third kappa shape index (κ3) is 5.37. The summed E-state index contributed by atoms with van der Waals surface area (Å²) in [6.45, 7) is -2.34. The van der Waals surface area contributed by atoms with Crippen molar-refractivity contribution < 1.29 is 79.9 Å². The van der Waals surface area contributed by atoms with Crippen molar-refractivity contribution in [1.82, 2.24) is 0 Å². The van der Waals surface area contributed by atoms with E-state index in [1.807, 2.05) is 0 Å². The van der Waals surface area contributed by atoms with Crippen LogP contribution in [0, 0.1) is 0 Å². The van der Waals surface area contributed by atoms with E-state index in [1.54, 1.807) is 0 Å². The summed E-state index contributed by atoms with van der Waals surface area (Å²) in [7, 11) is 0. The van der Waals surface area contributed by atoms with Crippen molar-refractivity contribution in [3.05, 3.63) is 0 Å². The molecule has 0 radical (unpaired) electrons. The molecule has 11 N–H and O–H groups in total. The molecule has 3 aliphatic heterocycles. The normalized spacial score (nSPS) is 52.5. The maximum Gasteiger partial charge on any atom is 0.187 e. The highest BCUT2D eigenvalue weighted by Crippen LogP contribution is 2.32. The third-order valence-corrected chi connectivity index (χ3v) is 6.09. The van der Waals surface area contributed by atoms with Crippen LogP contribution >= 0.6 is 0 Å². The summed E-state index contributed by atoms with van der Waals surface area (Å²) in [5, 5.41) is 109. The first-order valence-corrected chi connectivity index (χ1v) is 10.6. The zero-order chi connectivity index (χ0) is 25.3. The lowest BCUT2D eigenvalue weighted by molar-refractivity contribution is -0.378. The van der Waals surface area contributed by atoms with Crippen LogP contribution in [-0.4, -0.2) is 168 Å². The Morgan fingerprint density at radius 1 is 0.441 bits per heavy atom. The average molecular weight is 504 g/mol. The lowest BCUT2D eigenvalue weighted by atomic mass is 9.96. The minimum atomic E-state index is -1.90. The molecule has 0 aromatic carbocycles. The molecule has 3 aliphatic rings. The minimum absolute atomic E-state index is 0.759. The number of aliphatic hydroxyl groups excluding tert-OH is 11. The fourth-order valence-electron chi connectivity index (χ4n) is 4.05. The first kappa shape index (κ1) is 27.9. The molecule has 0 aromatic heterocycles. The summed E-state index contributed by atoms with van der Waals surface area (Å²) in [5.74, 6) is 0. The number of rotatable bonds is 7. The average Bonchev–Trinajstić information content (AvgIpc) is 2.83. The summed E-state index contributed by atoms with van der Waals surface area (Å²) < 4.78 is 26.4. The Morgan fingerprint density at radius 3 is 1.50 bits per heavy atom. The molecule has 0 aliphatic carbocycles. The molecule has 0 saturated carbocycles. The lowest BCUT2D eigenvalue weighted by Crippen LogP contribution is -2.66. The van der Waals surface area contributed by atoms with Crippen LogP contribution in [0.15, 0.2) is 0 Å². The molecule has 15 atom stereocenters. The highest BCUT2D eigenvalue weighted by molar-refractivity contribution is 4.96. The molecule has 16 nitrogen and oxygen atoms in total. The van der Waals surface area contributed by atoms with Crippen molar-refractivity contribution in [2.24, 2.45) is 0 Å². The molecule has 0 spiro atoms. The zero-order valence-electron chi connectivity index (χ0n) is 17.7. The number of hydrogen-bond donors (Lipinski definition) is 11. The van der Waals surface area contributed by atoms with E-state index < -0.39 is 112 Å². The van der Waals surface area contributed by atoms with E-state index in [9.17, 15) is 56.2 Å². The Morgan fingerprint density at radius 2 is 0.941 bits per heavy atom. The highest BCUT2D eigenvalue weighted by atomic mass is 16.7. The van der Waals surface area contributed by atoms with Crippen LogP contribution in [0.2, 0.25) is 0 Å². The first-order chi connectivity index (χ1) is 16.0. The van der Waals surface area contributed by atoms with E-state index in [0.717, 1.165) is 0 Å². The Balaban J connectivity index is 1.78. The maximum atomic E-state index is 10.8. The van der Waals surface area contributed by atoms with Gasteiger partial charge in [0.2, 0.25) is 0 Å². The Kier molecular flexibility index (Phi) is 9.54. The van der Waals surface area contributed by atoms with E-state index in [2.05, 4.69) is 0 Å². The van der Waals surface area contributed by atoms with Crippen LogP contribution in [0.4, 0.5) is 0 Å². The predicted molar refractivity (Wildman–Crippen MR) is 101 cm³/mol. The molecule has 0 bridgehead atoms. The van der Waals surface area contributed by atoms with Crippen LogP contribution in [0.25, 0.3) is 0 Å². The molecular weight excluding hydrogens is 472 g/mol. The topological polar surface area (TPSA) is 269 Å². The van der Waals surface area contributed by atoms with Crippen molar-refractivity contribution >= 4 is 0 Å². The Bertz CT molecular complexity index is 637. The van der Waals surface area contributed by atoms with Crippen molar-refractivity contribution in [2.75, 3.05) is 19.8 Å². The number of aliphatic hydroxyl groups is 11. The van der Waals surface area contributed by atoms with Gasteiger partial charge in [0.1, 0.15) is 73.2 Å². The van der Waals surface area contributed by atoms with E-state index in [4.69, 9.17) is 23.7 Å². The van der Waals surface area contributed by atoms with Gasteiger partial charge in [0.05, 0.1) is 19.8 Å². The summed E-state index contributed by atoms with van der Waals surface area (Å²) in [6.07, 6.45) is -25.4. The quantitative estimate of drug-likeness (QED) is 0.154. The summed E-state index contributed by atoms with van der Waals surface area (Å²) >= 11 is 0. The molecule has 200 valence electrons. The minimum Gasteiger partial charge on any atom is -0.394 e. The Hall–Kier alpha value is -0.640. The second-order valence-electron chi connectivity index (χ2n) is 8.33. The van der Waals surface area contributed by atoms with Crippen LogP contribution in [0.5, 0.6) is 0 Å². The van der Waals surface area contributed by atoms with E-state index in [0.29, 0.717) is 0 Å². The molecule has 3 rings (SSSR count). The van der Waals surface area contributed by atoms with E-state index in [-0.39, 0.29) is 0 Å². The van der Waals surface area contributed by atoms with Crippen molar-refractivity contribution in [3.63, 3.8) is 0 Å². The summed E-state index contributed by atoms with van der Waals surface area (Å²) in [4.78, 5) is 0.